The van der Waals surface area contributed by atoms with E-state index in [-0.39, 0.29) is 18.4 Å². The molecule has 1 heterocycles. The minimum Gasteiger partial charge on any atom is -0.324 e. The molecule has 0 aliphatic heterocycles. The van der Waals surface area contributed by atoms with E-state index in [1.807, 2.05) is 18.3 Å². The van der Waals surface area contributed by atoms with E-state index in [0.717, 1.165) is 16.6 Å². The highest BCUT2D eigenvalue weighted by atomic mass is 79.9. The molecule has 1 aromatic rings. The van der Waals surface area contributed by atoms with Gasteiger partial charge in [0.2, 0.25) is 0 Å². The summed E-state index contributed by atoms with van der Waals surface area (Å²) >= 11 is 3.29. The first-order valence-electron chi connectivity index (χ1n) is 4.46. The Morgan fingerprint density at radius 2 is 2.07 bits per heavy atom. The summed E-state index contributed by atoms with van der Waals surface area (Å²) in [6.07, 6.45) is 2.83. The normalized spacial score (nSPS) is 12.4. The molecule has 14 heavy (non-hydrogen) atoms. The molecule has 0 aromatic carbocycles. The third-order valence-corrected chi connectivity index (χ3v) is 2.37. The number of hydrogen-bond acceptors (Lipinski definition) is 2. The van der Waals surface area contributed by atoms with E-state index in [2.05, 4.69) is 34.8 Å². The molecule has 0 aliphatic rings. The fraction of sp³-hybridized carbons (Fsp3) is 0.500. The van der Waals surface area contributed by atoms with Crippen molar-refractivity contribution in [2.45, 2.75) is 26.3 Å². The lowest BCUT2D eigenvalue weighted by molar-refractivity contribution is 0.509. The van der Waals surface area contributed by atoms with Crippen LogP contribution in [0.2, 0.25) is 0 Å². The quantitative estimate of drug-likeness (QED) is 0.862. The standard InChI is InChI=1S/C10H15BrN2.ClH/c1-7(2)5-9(12)8-3-4-10(11)13-6-8;/h3-4,6-7,9H,5,12H2,1-2H3;1H/t9-;/m1./s1. The van der Waals surface area contributed by atoms with Gasteiger partial charge in [0, 0.05) is 12.2 Å². The minimum absolute atomic E-state index is 0. The monoisotopic (exact) mass is 278 g/mol. The van der Waals surface area contributed by atoms with Gasteiger partial charge in [-0.05, 0) is 39.9 Å². The van der Waals surface area contributed by atoms with Crippen molar-refractivity contribution in [2.75, 3.05) is 0 Å². The van der Waals surface area contributed by atoms with Crippen molar-refractivity contribution in [2.24, 2.45) is 11.7 Å². The highest BCUT2D eigenvalue weighted by Crippen LogP contribution is 2.18. The van der Waals surface area contributed by atoms with E-state index >= 15 is 0 Å². The van der Waals surface area contributed by atoms with Crippen LogP contribution < -0.4 is 5.73 Å². The predicted molar refractivity (Wildman–Crippen MR) is 65.6 cm³/mol. The molecule has 0 radical (unpaired) electrons. The molecule has 2 N–H and O–H groups in total. The van der Waals surface area contributed by atoms with Crippen LogP contribution in [0.15, 0.2) is 22.9 Å². The molecule has 2 nitrogen and oxygen atoms in total. The Bertz CT molecular complexity index is 261. The molecule has 0 fully saturated rings. The van der Waals surface area contributed by atoms with E-state index in [4.69, 9.17) is 5.73 Å². The predicted octanol–water partition coefficient (Wildman–Crippen LogP) is 3.31. The van der Waals surface area contributed by atoms with Gasteiger partial charge in [-0.25, -0.2) is 4.98 Å². The zero-order valence-electron chi connectivity index (χ0n) is 8.40. The second-order valence-corrected chi connectivity index (χ2v) is 4.46. The number of nitrogens with two attached hydrogens (primary N) is 1. The molecule has 1 rings (SSSR count). The van der Waals surface area contributed by atoms with E-state index in [1.165, 1.54) is 0 Å². The summed E-state index contributed by atoms with van der Waals surface area (Å²) < 4.78 is 0.855. The Labute approximate surface area is 99.8 Å². The number of hydrogen-bond donors (Lipinski definition) is 1. The SMILES string of the molecule is CC(C)C[C@@H](N)c1ccc(Br)nc1.Cl. The lowest BCUT2D eigenvalue weighted by Gasteiger charge is -2.13. The van der Waals surface area contributed by atoms with E-state index in [9.17, 15) is 0 Å². The number of nitrogens with zero attached hydrogens (tertiary/aromatic N) is 1. The average Bonchev–Trinajstić information content (AvgIpc) is 2.04. The first kappa shape index (κ1) is 13.9. The second kappa shape index (κ2) is 6.38. The van der Waals surface area contributed by atoms with Crippen LogP contribution in [-0.2, 0) is 0 Å². The molecular formula is C10H16BrClN2. The first-order chi connectivity index (χ1) is 6.09. The number of rotatable bonds is 3. The van der Waals surface area contributed by atoms with E-state index < -0.39 is 0 Å². The number of halogens is 2. The average molecular weight is 280 g/mol. The smallest absolute Gasteiger partial charge is 0.106 e. The van der Waals surface area contributed by atoms with E-state index in [0.29, 0.717) is 5.92 Å². The molecule has 80 valence electrons. The molecule has 0 spiro atoms. The van der Waals surface area contributed by atoms with Gasteiger partial charge in [0.15, 0.2) is 0 Å². The summed E-state index contributed by atoms with van der Waals surface area (Å²) in [7, 11) is 0. The van der Waals surface area contributed by atoms with Gasteiger partial charge >= 0.3 is 0 Å². The second-order valence-electron chi connectivity index (χ2n) is 3.65. The third kappa shape index (κ3) is 4.40. The maximum Gasteiger partial charge on any atom is 0.106 e. The van der Waals surface area contributed by atoms with Crippen molar-refractivity contribution >= 4 is 28.3 Å². The van der Waals surface area contributed by atoms with Crippen LogP contribution in [0.5, 0.6) is 0 Å². The first-order valence-corrected chi connectivity index (χ1v) is 5.26. The third-order valence-electron chi connectivity index (χ3n) is 1.90. The molecule has 0 bridgehead atoms. The van der Waals surface area contributed by atoms with Crippen molar-refractivity contribution in [3.8, 4) is 0 Å². The van der Waals surface area contributed by atoms with Crippen LogP contribution in [-0.4, -0.2) is 4.98 Å². The van der Waals surface area contributed by atoms with Crippen LogP contribution in [0.3, 0.4) is 0 Å². The van der Waals surface area contributed by atoms with Crippen LogP contribution in [0, 0.1) is 5.92 Å². The van der Waals surface area contributed by atoms with Crippen molar-refractivity contribution in [1.82, 2.24) is 4.98 Å². The van der Waals surface area contributed by atoms with Crippen LogP contribution >= 0.6 is 28.3 Å². The van der Waals surface area contributed by atoms with Crippen LogP contribution in [0.25, 0.3) is 0 Å². The minimum atomic E-state index is 0. The number of aromatic nitrogens is 1. The summed E-state index contributed by atoms with van der Waals surface area (Å²) in [6.45, 7) is 4.35. The van der Waals surface area contributed by atoms with Crippen molar-refractivity contribution in [3.63, 3.8) is 0 Å². The maximum atomic E-state index is 5.99. The summed E-state index contributed by atoms with van der Waals surface area (Å²) in [4.78, 5) is 4.14. The molecule has 0 amide bonds. The molecule has 1 atom stereocenters. The molecular weight excluding hydrogens is 263 g/mol. The van der Waals surface area contributed by atoms with Gasteiger partial charge in [0.05, 0.1) is 0 Å². The fourth-order valence-corrected chi connectivity index (χ4v) is 1.49. The zero-order chi connectivity index (χ0) is 9.84. The molecule has 4 heteroatoms. The maximum absolute atomic E-state index is 5.99. The van der Waals surface area contributed by atoms with Crippen LogP contribution in [0.4, 0.5) is 0 Å². The van der Waals surface area contributed by atoms with Crippen molar-refractivity contribution < 1.29 is 0 Å². The lowest BCUT2D eigenvalue weighted by Crippen LogP contribution is -2.12. The molecule has 0 saturated carbocycles. The Kier molecular flexibility index (Phi) is 6.33. The molecule has 0 unspecified atom stereocenters. The highest BCUT2D eigenvalue weighted by molar-refractivity contribution is 9.10. The zero-order valence-corrected chi connectivity index (χ0v) is 10.8. The summed E-state index contributed by atoms with van der Waals surface area (Å²) in [6, 6.07) is 4.06. The Balaban J connectivity index is 0.00000169. The highest BCUT2D eigenvalue weighted by Gasteiger charge is 2.07. The summed E-state index contributed by atoms with van der Waals surface area (Å²) in [5.74, 6) is 0.624. The van der Waals surface area contributed by atoms with Gasteiger partial charge in [-0.3, -0.25) is 0 Å². The fourth-order valence-electron chi connectivity index (χ4n) is 1.25. The summed E-state index contributed by atoms with van der Waals surface area (Å²) in [5.41, 5.74) is 7.10. The number of pyridine rings is 1. The summed E-state index contributed by atoms with van der Waals surface area (Å²) in [5, 5.41) is 0. The van der Waals surface area contributed by atoms with Gasteiger partial charge in [0.25, 0.3) is 0 Å². The Morgan fingerprint density at radius 3 is 2.50 bits per heavy atom. The topological polar surface area (TPSA) is 38.9 Å². The Hall–Kier alpha value is -0.120. The van der Waals surface area contributed by atoms with Gasteiger partial charge in [0.1, 0.15) is 4.60 Å². The van der Waals surface area contributed by atoms with E-state index in [1.54, 1.807) is 0 Å². The molecule has 0 saturated heterocycles. The largest absolute Gasteiger partial charge is 0.324 e. The van der Waals surface area contributed by atoms with Crippen molar-refractivity contribution in [1.29, 1.82) is 0 Å². The van der Waals surface area contributed by atoms with Crippen LogP contribution in [0.1, 0.15) is 31.9 Å². The van der Waals surface area contributed by atoms with Gasteiger partial charge < -0.3 is 5.73 Å². The molecule has 1 aromatic heterocycles. The lowest BCUT2D eigenvalue weighted by atomic mass is 9.99. The Morgan fingerprint density at radius 1 is 1.43 bits per heavy atom. The van der Waals surface area contributed by atoms with Gasteiger partial charge in [-0.2, -0.15) is 0 Å². The molecule has 0 aliphatic carbocycles. The van der Waals surface area contributed by atoms with Crippen molar-refractivity contribution in [3.05, 3.63) is 28.5 Å². The van der Waals surface area contributed by atoms with Gasteiger partial charge in [-0.15, -0.1) is 12.4 Å². The van der Waals surface area contributed by atoms with Gasteiger partial charge in [-0.1, -0.05) is 19.9 Å².